The number of hydrogen-bond donors (Lipinski definition) is 1. The Labute approximate surface area is 166 Å². The quantitative estimate of drug-likeness (QED) is 0.332. The van der Waals surface area contributed by atoms with Crippen LogP contribution in [0.3, 0.4) is 0 Å². The highest BCUT2D eigenvalue weighted by Crippen LogP contribution is 2.29. The molecule has 0 heterocycles. The second-order valence-electron chi connectivity index (χ2n) is 5.87. The van der Waals surface area contributed by atoms with Crippen LogP contribution < -0.4 is 0 Å². The zero-order valence-corrected chi connectivity index (χ0v) is 16.1. The van der Waals surface area contributed by atoms with Gasteiger partial charge in [-0.25, -0.2) is 0 Å². The number of halogens is 3. The fourth-order valence-corrected chi connectivity index (χ4v) is 2.57. The zero-order valence-electron chi connectivity index (χ0n) is 16.1. The Hall–Kier alpha value is -3.36. The first-order valence-corrected chi connectivity index (χ1v) is 8.47. The van der Waals surface area contributed by atoms with Crippen molar-refractivity contribution in [2.75, 3.05) is 14.2 Å². The molecular weight excluding hydrogens is 387 g/mol. The molecule has 0 saturated carbocycles. The molecule has 0 aliphatic heterocycles. The Morgan fingerprint density at radius 2 is 1.83 bits per heavy atom. The molecule has 6 nitrogen and oxygen atoms in total. The molecular formula is C20H20F3N3O3. The van der Waals surface area contributed by atoms with Gasteiger partial charge in [-0.3, -0.25) is 4.99 Å². The van der Waals surface area contributed by atoms with Gasteiger partial charge in [-0.1, -0.05) is 41.6 Å². The summed E-state index contributed by atoms with van der Waals surface area (Å²) in [6.07, 6.45) is -4.43. The van der Waals surface area contributed by atoms with Crippen molar-refractivity contribution in [3.05, 3.63) is 70.8 Å². The van der Waals surface area contributed by atoms with Gasteiger partial charge in [0.2, 0.25) is 0 Å². The van der Waals surface area contributed by atoms with Gasteiger partial charge in [-0.15, -0.1) is 0 Å². The highest BCUT2D eigenvalue weighted by Gasteiger charge is 2.30. The molecule has 0 amide bonds. The van der Waals surface area contributed by atoms with Crippen LogP contribution in [0.2, 0.25) is 0 Å². The van der Waals surface area contributed by atoms with Crippen molar-refractivity contribution >= 4 is 17.3 Å². The van der Waals surface area contributed by atoms with Crippen molar-refractivity contribution in [1.82, 2.24) is 0 Å². The minimum Gasteiger partial charge on any atom is -0.477 e. The number of nitrogens with zero attached hydrogens (tertiary/aromatic N) is 3. The van der Waals surface area contributed by atoms with E-state index in [4.69, 9.17) is 14.8 Å². The summed E-state index contributed by atoms with van der Waals surface area (Å²) in [5, 5.41) is 16.1. The third-order valence-corrected chi connectivity index (χ3v) is 4.01. The van der Waals surface area contributed by atoms with Crippen LogP contribution in [-0.4, -0.2) is 36.7 Å². The van der Waals surface area contributed by atoms with E-state index in [0.717, 1.165) is 12.1 Å². The van der Waals surface area contributed by atoms with E-state index in [0.29, 0.717) is 28.1 Å². The van der Waals surface area contributed by atoms with Crippen molar-refractivity contribution < 1.29 is 28.0 Å². The third kappa shape index (κ3) is 5.56. The number of oxime groups is 2. The average molecular weight is 407 g/mol. The molecule has 29 heavy (non-hydrogen) atoms. The Morgan fingerprint density at radius 1 is 1.10 bits per heavy atom. The Kier molecular flexibility index (Phi) is 7.35. The van der Waals surface area contributed by atoms with Gasteiger partial charge in [0.15, 0.2) is 0 Å². The van der Waals surface area contributed by atoms with Crippen LogP contribution in [0, 0.1) is 0 Å². The fourth-order valence-electron chi connectivity index (χ4n) is 2.57. The molecule has 0 aliphatic rings. The second kappa shape index (κ2) is 9.72. The molecule has 0 radical (unpaired) electrons. The van der Waals surface area contributed by atoms with E-state index in [9.17, 15) is 13.2 Å². The van der Waals surface area contributed by atoms with Crippen molar-refractivity contribution in [2.24, 2.45) is 15.3 Å². The van der Waals surface area contributed by atoms with E-state index >= 15 is 0 Å². The number of ether oxygens (including phenoxy) is 1. The number of benzene rings is 2. The van der Waals surface area contributed by atoms with E-state index in [1.807, 2.05) is 0 Å². The lowest BCUT2D eigenvalue weighted by Gasteiger charge is -2.12. The van der Waals surface area contributed by atoms with E-state index in [-0.39, 0.29) is 12.5 Å². The fraction of sp³-hybridized carbons (Fsp3) is 0.250. The van der Waals surface area contributed by atoms with Crippen LogP contribution in [0.1, 0.15) is 29.2 Å². The van der Waals surface area contributed by atoms with Gasteiger partial charge in [-0.05, 0) is 29.8 Å². The molecule has 0 atom stereocenters. The molecule has 1 N–H and O–H groups in total. The van der Waals surface area contributed by atoms with Gasteiger partial charge in [-0.2, -0.15) is 13.2 Å². The SMILES string of the molecule is CN=C(C(=NO)OC)c1ccccc1CO/N=C(\C)c1cccc(C(F)(F)F)c1. The largest absolute Gasteiger partial charge is 0.477 e. The van der Waals surface area contributed by atoms with Gasteiger partial charge < -0.3 is 14.8 Å². The number of methoxy groups -OCH3 is 1. The summed E-state index contributed by atoms with van der Waals surface area (Å²) < 4.78 is 43.6. The van der Waals surface area contributed by atoms with Crippen LogP contribution in [-0.2, 0) is 22.4 Å². The smallest absolute Gasteiger partial charge is 0.416 e. The van der Waals surface area contributed by atoms with Crippen LogP contribution in [0.4, 0.5) is 13.2 Å². The summed E-state index contributed by atoms with van der Waals surface area (Å²) >= 11 is 0. The lowest BCUT2D eigenvalue weighted by molar-refractivity contribution is -0.137. The van der Waals surface area contributed by atoms with E-state index in [2.05, 4.69) is 15.3 Å². The summed E-state index contributed by atoms with van der Waals surface area (Å²) in [7, 11) is 2.87. The van der Waals surface area contributed by atoms with E-state index in [1.165, 1.54) is 26.3 Å². The van der Waals surface area contributed by atoms with E-state index < -0.39 is 11.7 Å². The second-order valence-corrected chi connectivity index (χ2v) is 5.87. The maximum atomic E-state index is 12.9. The van der Waals surface area contributed by atoms with E-state index in [1.54, 1.807) is 31.2 Å². The van der Waals surface area contributed by atoms with Crippen LogP contribution >= 0.6 is 0 Å². The van der Waals surface area contributed by atoms with Gasteiger partial charge in [0.25, 0.3) is 5.90 Å². The van der Waals surface area contributed by atoms with Gasteiger partial charge in [0.1, 0.15) is 12.3 Å². The molecule has 2 aromatic carbocycles. The first kappa shape index (κ1) is 21.9. The standard InChI is InChI=1S/C20H20F3N3O3/c1-13(14-8-6-9-16(11-14)20(21,22)23)26-29-12-15-7-4-5-10-17(15)18(24-2)19(25-27)28-3/h4-11,27H,12H2,1-3H3/b24-18?,25-19?,26-13+. The highest BCUT2D eigenvalue weighted by molar-refractivity contribution is 6.45. The predicted molar refractivity (Wildman–Crippen MR) is 104 cm³/mol. The van der Waals surface area contributed by atoms with Crippen LogP contribution in [0.15, 0.2) is 63.8 Å². The summed E-state index contributed by atoms with van der Waals surface area (Å²) in [6, 6.07) is 11.9. The van der Waals surface area contributed by atoms with Crippen LogP contribution in [0.5, 0.6) is 0 Å². The molecule has 0 saturated heterocycles. The molecule has 0 bridgehead atoms. The molecule has 2 aromatic rings. The first-order chi connectivity index (χ1) is 13.8. The topological polar surface area (TPSA) is 75.8 Å². The number of hydrogen-bond acceptors (Lipinski definition) is 6. The number of aliphatic imine (C=N–C) groups is 1. The Morgan fingerprint density at radius 3 is 2.45 bits per heavy atom. The lowest BCUT2D eigenvalue weighted by atomic mass is 10.0. The van der Waals surface area contributed by atoms with Crippen LogP contribution in [0.25, 0.3) is 0 Å². The molecule has 0 fully saturated rings. The minimum atomic E-state index is -4.43. The van der Waals surface area contributed by atoms with Crippen molar-refractivity contribution in [3.63, 3.8) is 0 Å². The third-order valence-electron chi connectivity index (χ3n) is 4.01. The molecule has 0 spiro atoms. The van der Waals surface area contributed by atoms with Gasteiger partial charge in [0.05, 0.1) is 18.4 Å². The highest BCUT2D eigenvalue weighted by atomic mass is 19.4. The zero-order chi connectivity index (χ0) is 21.4. The normalized spacial score (nSPS) is 13.4. The Bertz CT molecular complexity index is 938. The summed E-state index contributed by atoms with van der Waals surface area (Å²) in [5.74, 6) is -0.0661. The van der Waals surface area contributed by atoms with Gasteiger partial charge in [0, 0.05) is 18.2 Å². The van der Waals surface area contributed by atoms with Crippen molar-refractivity contribution in [2.45, 2.75) is 19.7 Å². The van der Waals surface area contributed by atoms with Crippen molar-refractivity contribution in [3.8, 4) is 0 Å². The predicted octanol–water partition coefficient (Wildman–Crippen LogP) is 4.50. The molecule has 0 unspecified atom stereocenters. The number of rotatable bonds is 6. The maximum absolute atomic E-state index is 12.9. The first-order valence-electron chi connectivity index (χ1n) is 8.47. The molecule has 0 aliphatic carbocycles. The molecule has 0 aromatic heterocycles. The average Bonchev–Trinajstić information content (AvgIpc) is 2.72. The Balaban J connectivity index is 2.21. The lowest BCUT2D eigenvalue weighted by Crippen LogP contribution is -2.19. The summed E-state index contributed by atoms with van der Waals surface area (Å²) in [4.78, 5) is 9.44. The van der Waals surface area contributed by atoms with Gasteiger partial charge >= 0.3 is 6.18 Å². The molecule has 154 valence electrons. The number of alkyl halides is 3. The summed E-state index contributed by atoms with van der Waals surface area (Å²) in [5.41, 5.74) is 1.44. The maximum Gasteiger partial charge on any atom is 0.416 e. The minimum absolute atomic E-state index is 0.0217. The van der Waals surface area contributed by atoms with Crippen molar-refractivity contribution in [1.29, 1.82) is 0 Å². The monoisotopic (exact) mass is 407 g/mol. The summed E-state index contributed by atoms with van der Waals surface area (Å²) in [6.45, 7) is 1.58. The molecule has 9 heteroatoms. The molecule has 2 rings (SSSR count).